The minimum Gasteiger partial charge on any atom is -0.478 e. The monoisotopic (exact) mass is 340 g/mol. The van der Waals surface area contributed by atoms with Gasteiger partial charge in [0.2, 0.25) is 0 Å². The first-order chi connectivity index (χ1) is 8.97. The Hall–Kier alpha value is -1.59. The summed E-state index contributed by atoms with van der Waals surface area (Å²) in [6.07, 6.45) is 1.57. The van der Waals surface area contributed by atoms with E-state index in [1.165, 1.54) is 0 Å². The largest absolute Gasteiger partial charge is 0.478 e. The van der Waals surface area contributed by atoms with Crippen molar-refractivity contribution in [3.05, 3.63) is 51.2 Å². The highest BCUT2D eigenvalue weighted by molar-refractivity contribution is 9.10. The highest BCUT2D eigenvalue weighted by atomic mass is 79.9. The van der Waals surface area contributed by atoms with Crippen molar-refractivity contribution in [2.75, 3.05) is 5.32 Å². The van der Waals surface area contributed by atoms with Crippen LogP contribution in [-0.2, 0) is 0 Å². The fraction of sp³-hybridized carbons (Fsp3) is 0.0769. The van der Waals surface area contributed by atoms with E-state index in [-0.39, 0.29) is 5.56 Å². The van der Waals surface area contributed by atoms with Crippen molar-refractivity contribution in [3.8, 4) is 0 Å². The van der Waals surface area contributed by atoms with E-state index >= 15 is 0 Å². The van der Waals surface area contributed by atoms with Crippen LogP contribution in [0.5, 0.6) is 0 Å². The predicted octanol–water partition coefficient (Wildman–Crippen LogP) is 4.25. The number of carbonyl (C=O) groups is 1. The molecule has 0 atom stereocenters. The van der Waals surface area contributed by atoms with Gasteiger partial charge in [0.1, 0.15) is 4.60 Å². The molecule has 0 aliphatic heterocycles. The molecule has 0 saturated carbocycles. The molecule has 0 saturated heterocycles. The fourth-order valence-corrected chi connectivity index (χ4v) is 1.97. The Morgan fingerprint density at radius 1 is 1.42 bits per heavy atom. The minimum absolute atomic E-state index is 0.207. The van der Waals surface area contributed by atoms with Gasteiger partial charge in [0, 0.05) is 0 Å². The molecular weight excluding hydrogens is 332 g/mol. The Kier molecular flexibility index (Phi) is 4.07. The first kappa shape index (κ1) is 13.8. The number of pyridine rings is 1. The second-order valence-electron chi connectivity index (χ2n) is 3.98. The smallest absolute Gasteiger partial charge is 0.337 e. The number of aromatic nitrogens is 1. The highest BCUT2D eigenvalue weighted by Gasteiger charge is 2.11. The molecule has 2 rings (SSSR count). The molecule has 1 aromatic heterocycles. The van der Waals surface area contributed by atoms with E-state index in [1.807, 2.05) is 13.0 Å². The van der Waals surface area contributed by atoms with Crippen molar-refractivity contribution in [3.63, 3.8) is 0 Å². The Labute approximate surface area is 123 Å². The van der Waals surface area contributed by atoms with Crippen LogP contribution < -0.4 is 5.32 Å². The van der Waals surface area contributed by atoms with Gasteiger partial charge in [-0.25, -0.2) is 9.78 Å². The minimum atomic E-state index is -0.984. The second-order valence-corrected chi connectivity index (χ2v) is 5.13. The summed E-state index contributed by atoms with van der Waals surface area (Å²) in [5.74, 6) is -0.984. The van der Waals surface area contributed by atoms with E-state index in [2.05, 4.69) is 26.2 Å². The van der Waals surface area contributed by atoms with Gasteiger partial charge < -0.3 is 10.4 Å². The van der Waals surface area contributed by atoms with E-state index in [9.17, 15) is 9.90 Å². The Morgan fingerprint density at radius 3 is 2.79 bits per heavy atom. The number of rotatable bonds is 3. The van der Waals surface area contributed by atoms with Crippen molar-refractivity contribution in [2.24, 2.45) is 0 Å². The van der Waals surface area contributed by atoms with Crippen LogP contribution in [0.2, 0.25) is 5.02 Å². The van der Waals surface area contributed by atoms with E-state index in [0.29, 0.717) is 21.0 Å². The lowest BCUT2D eigenvalue weighted by Crippen LogP contribution is -2.03. The number of hydrogen-bond donors (Lipinski definition) is 2. The van der Waals surface area contributed by atoms with Crippen LogP contribution in [0.3, 0.4) is 0 Å². The van der Waals surface area contributed by atoms with Gasteiger partial charge >= 0.3 is 5.97 Å². The maximum Gasteiger partial charge on any atom is 0.337 e. The number of carboxylic acids is 1. The number of nitrogens with zero attached hydrogens (tertiary/aromatic N) is 1. The molecular formula is C13H10BrClN2O2. The van der Waals surface area contributed by atoms with Crippen LogP contribution in [0.15, 0.2) is 35.1 Å². The van der Waals surface area contributed by atoms with E-state index in [4.69, 9.17) is 11.6 Å². The molecule has 0 aliphatic rings. The Bertz CT molecular complexity index is 647. The van der Waals surface area contributed by atoms with Crippen molar-refractivity contribution >= 4 is 44.9 Å². The SMILES string of the molecule is Cc1ccc(Nc2cnc(Br)c(Cl)c2)c(C(=O)O)c1. The number of aromatic carboxylic acids is 1. The average molecular weight is 342 g/mol. The zero-order valence-electron chi connectivity index (χ0n) is 9.95. The van der Waals surface area contributed by atoms with Crippen molar-refractivity contribution < 1.29 is 9.90 Å². The van der Waals surface area contributed by atoms with Gasteiger partial charge in [-0.2, -0.15) is 0 Å². The van der Waals surface area contributed by atoms with E-state index < -0.39 is 5.97 Å². The molecule has 0 radical (unpaired) electrons. The van der Waals surface area contributed by atoms with Gasteiger partial charge in [-0.1, -0.05) is 23.2 Å². The number of carboxylic acid groups (broad SMARTS) is 1. The summed E-state index contributed by atoms with van der Waals surface area (Å²) < 4.78 is 0.544. The standard InChI is InChI=1S/C13H10BrClN2O2/c1-7-2-3-11(9(4-7)13(18)19)17-8-5-10(15)12(14)16-6-8/h2-6,17H,1H3,(H,18,19). The molecule has 1 heterocycles. The summed E-state index contributed by atoms with van der Waals surface area (Å²) >= 11 is 9.14. The van der Waals surface area contributed by atoms with Gasteiger partial charge in [0.25, 0.3) is 0 Å². The number of anilines is 2. The van der Waals surface area contributed by atoms with Gasteiger partial charge in [-0.3, -0.25) is 0 Å². The maximum absolute atomic E-state index is 11.2. The maximum atomic E-state index is 11.2. The van der Waals surface area contributed by atoms with Gasteiger partial charge in [0.15, 0.2) is 0 Å². The molecule has 0 amide bonds. The molecule has 0 spiro atoms. The molecule has 1 aromatic carbocycles. The van der Waals surface area contributed by atoms with Crippen LogP contribution in [0.1, 0.15) is 15.9 Å². The van der Waals surface area contributed by atoms with Crippen LogP contribution in [-0.4, -0.2) is 16.1 Å². The topological polar surface area (TPSA) is 62.2 Å². The molecule has 4 nitrogen and oxygen atoms in total. The molecule has 0 fully saturated rings. The third-order valence-corrected chi connectivity index (χ3v) is 3.63. The van der Waals surface area contributed by atoms with Gasteiger partial charge in [-0.15, -0.1) is 0 Å². The summed E-state index contributed by atoms with van der Waals surface area (Å²) in [6, 6.07) is 6.83. The van der Waals surface area contributed by atoms with Crippen LogP contribution >= 0.6 is 27.5 Å². The summed E-state index contributed by atoms with van der Waals surface area (Å²) in [5, 5.41) is 12.6. The number of halogens is 2. The summed E-state index contributed by atoms with van der Waals surface area (Å²) in [7, 11) is 0. The molecule has 2 aromatic rings. The van der Waals surface area contributed by atoms with Crippen molar-refractivity contribution in [1.29, 1.82) is 0 Å². The molecule has 0 aliphatic carbocycles. The molecule has 0 bridgehead atoms. The normalized spacial score (nSPS) is 10.3. The number of benzene rings is 1. The van der Waals surface area contributed by atoms with Gasteiger partial charge in [0.05, 0.1) is 28.2 Å². The number of aryl methyl sites for hydroxylation is 1. The highest BCUT2D eigenvalue weighted by Crippen LogP contribution is 2.26. The van der Waals surface area contributed by atoms with Crippen molar-refractivity contribution in [2.45, 2.75) is 6.92 Å². The lowest BCUT2D eigenvalue weighted by molar-refractivity contribution is 0.0698. The quantitative estimate of drug-likeness (QED) is 0.819. The first-order valence-electron chi connectivity index (χ1n) is 5.39. The summed E-state index contributed by atoms with van der Waals surface area (Å²) in [5.41, 5.74) is 2.21. The third-order valence-electron chi connectivity index (χ3n) is 2.48. The van der Waals surface area contributed by atoms with E-state index in [0.717, 1.165) is 5.56 Å². The summed E-state index contributed by atoms with van der Waals surface area (Å²) in [6.45, 7) is 1.84. The third kappa shape index (κ3) is 3.24. The second kappa shape index (κ2) is 5.59. The van der Waals surface area contributed by atoms with Gasteiger partial charge in [-0.05, 0) is 41.1 Å². The summed E-state index contributed by atoms with van der Waals surface area (Å²) in [4.78, 5) is 15.2. The van der Waals surface area contributed by atoms with Crippen LogP contribution in [0.25, 0.3) is 0 Å². The zero-order valence-corrected chi connectivity index (χ0v) is 12.3. The lowest BCUT2D eigenvalue weighted by Gasteiger charge is -2.10. The Balaban J connectivity index is 2.37. The Morgan fingerprint density at radius 2 is 2.16 bits per heavy atom. The molecule has 0 unspecified atom stereocenters. The molecule has 19 heavy (non-hydrogen) atoms. The van der Waals surface area contributed by atoms with E-state index in [1.54, 1.807) is 24.4 Å². The lowest BCUT2D eigenvalue weighted by atomic mass is 10.1. The number of nitrogens with one attached hydrogen (secondary N) is 1. The zero-order chi connectivity index (χ0) is 14.0. The fourth-order valence-electron chi connectivity index (χ4n) is 1.59. The first-order valence-corrected chi connectivity index (χ1v) is 6.56. The van der Waals surface area contributed by atoms with Crippen LogP contribution in [0.4, 0.5) is 11.4 Å². The van der Waals surface area contributed by atoms with Crippen molar-refractivity contribution in [1.82, 2.24) is 4.98 Å². The average Bonchev–Trinajstić information content (AvgIpc) is 2.36. The number of hydrogen-bond acceptors (Lipinski definition) is 3. The van der Waals surface area contributed by atoms with Crippen LogP contribution in [0, 0.1) is 6.92 Å². The molecule has 2 N–H and O–H groups in total. The predicted molar refractivity (Wildman–Crippen MR) is 78.4 cm³/mol. The molecule has 6 heteroatoms. The molecule has 98 valence electrons.